The Hall–Kier alpha value is -3.91. The Morgan fingerprint density at radius 1 is 1.00 bits per heavy atom. The van der Waals surface area contributed by atoms with Crippen LogP contribution in [0.4, 0.5) is 5.69 Å². The van der Waals surface area contributed by atoms with Crippen molar-refractivity contribution in [3.05, 3.63) is 84.2 Å². The van der Waals surface area contributed by atoms with Gasteiger partial charge in [0, 0.05) is 28.2 Å². The second-order valence-corrected chi connectivity index (χ2v) is 8.78. The van der Waals surface area contributed by atoms with Gasteiger partial charge >= 0.3 is 0 Å². The monoisotopic (exact) mass is 422 g/mol. The molecule has 32 heavy (non-hydrogen) atoms. The summed E-state index contributed by atoms with van der Waals surface area (Å²) in [5.41, 5.74) is 3.66. The minimum Gasteiger partial charge on any atom is -0.323 e. The molecule has 160 valence electrons. The van der Waals surface area contributed by atoms with E-state index < -0.39 is 5.54 Å². The lowest BCUT2D eigenvalue weighted by atomic mass is 10.00. The molecule has 0 fully saturated rings. The van der Waals surface area contributed by atoms with Crippen molar-refractivity contribution >= 4 is 22.4 Å². The van der Waals surface area contributed by atoms with Crippen LogP contribution in [0, 0.1) is 11.3 Å². The number of amides is 1. The van der Waals surface area contributed by atoms with Gasteiger partial charge in [-0.2, -0.15) is 10.4 Å². The van der Waals surface area contributed by atoms with Crippen molar-refractivity contribution in [2.75, 3.05) is 5.32 Å². The van der Waals surface area contributed by atoms with Gasteiger partial charge < -0.3 is 5.32 Å². The van der Waals surface area contributed by atoms with Crippen molar-refractivity contribution in [1.82, 2.24) is 9.78 Å². The van der Waals surface area contributed by atoms with Gasteiger partial charge in [0.2, 0.25) is 0 Å². The number of carbonyl (C=O) groups excluding carboxylic acids is 1. The highest BCUT2D eigenvalue weighted by atomic mass is 16.2. The molecule has 0 radical (unpaired) electrons. The van der Waals surface area contributed by atoms with Gasteiger partial charge in [0.05, 0.1) is 17.8 Å². The lowest BCUT2D eigenvalue weighted by molar-refractivity contribution is -0.123. The molecule has 0 aliphatic carbocycles. The Kier molecular flexibility index (Phi) is 5.54. The Labute approximate surface area is 188 Å². The van der Waals surface area contributed by atoms with Crippen LogP contribution in [0.25, 0.3) is 21.9 Å². The number of nitrogens with one attached hydrogen (secondary N) is 1. The maximum atomic E-state index is 13.3. The summed E-state index contributed by atoms with van der Waals surface area (Å²) in [4.78, 5) is 13.3. The molecule has 0 saturated carbocycles. The molecule has 0 unspecified atom stereocenters. The smallest absolute Gasteiger partial charge is 0.251 e. The van der Waals surface area contributed by atoms with E-state index in [9.17, 15) is 10.1 Å². The molecule has 5 heteroatoms. The summed E-state index contributed by atoms with van der Waals surface area (Å²) in [6.45, 7) is 8.02. The minimum absolute atomic E-state index is 0.183. The average molecular weight is 423 g/mol. The van der Waals surface area contributed by atoms with E-state index in [-0.39, 0.29) is 5.91 Å². The van der Waals surface area contributed by atoms with Gasteiger partial charge in [-0.15, -0.1) is 0 Å². The maximum absolute atomic E-state index is 13.3. The van der Waals surface area contributed by atoms with E-state index in [2.05, 4.69) is 54.6 Å². The first-order valence-corrected chi connectivity index (χ1v) is 10.7. The maximum Gasteiger partial charge on any atom is 0.251 e. The van der Waals surface area contributed by atoms with E-state index in [0.717, 1.165) is 21.9 Å². The minimum atomic E-state index is -0.912. The Morgan fingerprint density at radius 2 is 1.69 bits per heavy atom. The fraction of sp³-hybridized carbons (Fsp3) is 0.222. The molecule has 0 bridgehead atoms. The number of carbonyl (C=O) groups is 1. The number of aromatic nitrogens is 2. The Bertz CT molecular complexity index is 1320. The van der Waals surface area contributed by atoms with Crippen LogP contribution < -0.4 is 5.32 Å². The fourth-order valence-electron chi connectivity index (χ4n) is 3.72. The molecule has 0 spiro atoms. The van der Waals surface area contributed by atoms with Crippen molar-refractivity contribution in [1.29, 1.82) is 5.26 Å². The quantitative estimate of drug-likeness (QED) is 0.424. The predicted octanol–water partition coefficient (Wildman–Crippen LogP) is 6.07. The van der Waals surface area contributed by atoms with Crippen molar-refractivity contribution in [2.45, 2.75) is 39.2 Å². The van der Waals surface area contributed by atoms with E-state index in [4.69, 9.17) is 0 Å². The third kappa shape index (κ3) is 3.88. The second kappa shape index (κ2) is 8.32. The zero-order chi connectivity index (χ0) is 22.9. The van der Waals surface area contributed by atoms with Crippen LogP contribution in [0.1, 0.15) is 44.7 Å². The number of benzene rings is 3. The largest absolute Gasteiger partial charge is 0.323 e. The molecule has 5 nitrogen and oxygen atoms in total. The predicted molar refractivity (Wildman–Crippen MR) is 128 cm³/mol. The molecule has 3 aromatic carbocycles. The molecule has 1 aromatic heterocycles. The van der Waals surface area contributed by atoms with Crippen LogP contribution in [0.3, 0.4) is 0 Å². The lowest BCUT2D eigenvalue weighted by Crippen LogP contribution is -2.40. The number of nitrogens with zero attached hydrogens (tertiary/aromatic N) is 3. The molecule has 0 aliphatic rings. The van der Waals surface area contributed by atoms with Gasteiger partial charge in [-0.25, -0.2) is 0 Å². The SMILES string of the molecule is CC(C)c1ccc(-c2cnn(C(C)(C)C(=O)Nc3ccc(C#N)c4ccccc34)c2)cc1. The number of hydrogen-bond donors (Lipinski definition) is 1. The molecule has 1 heterocycles. The van der Waals surface area contributed by atoms with Gasteiger partial charge in [0.15, 0.2) is 0 Å². The zero-order valence-corrected chi connectivity index (χ0v) is 18.8. The standard InChI is InChI=1S/C27H26N4O/c1-18(2)19-9-11-20(12-10-19)22-16-29-31(17-22)27(3,4)26(32)30-25-14-13-21(15-28)23-7-5-6-8-24(23)25/h5-14,16-18H,1-4H3,(H,30,32). The molecule has 4 aromatic rings. The molecule has 0 saturated heterocycles. The highest BCUT2D eigenvalue weighted by Gasteiger charge is 2.31. The number of fused-ring (bicyclic) bond motifs is 1. The topological polar surface area (TPSA) is 70.7 Å². The highest BCUT2D eigenvalue weighted by Crippen LogP contribution is 2.29. The summed E-state index contributed by atoms with van der Waals surface area (Å²) >= 11 is 0. The van der Waals surface area contributed by atoms with E-state index >= 15 is 0 Å². The van der Waals surface area contributed by atoms with Gasteiger partial charge in [-0.1, -0.05) is 62.4 Å². The van der Waals surface area contributed by atoms with E-state index in [0.29, 0.717) is 17.2 Å². The molecule has 1 amide bonds. The molecule has 0 atom stereocenters. The summed E-state index contributed by atoms with van der Waals surface area (Å²) < 4.78 is 1.69. The van der Waals surface area contributed by atoms with Crippen molar-refractivity contribution in [3.63, 3.8) is 0 Å². The van der Waals surface area contributed by atoms with Crippen LogP contribution in [-0.2, 0) is 10.3 Å². The summed E-state index contributed by atoms with van der Waals surface area (Å²) in [6.07, 6.45) is 3.69. The molecular formula is C27H26N4O. The van der Waals surface area contributed by atoms with Crippen LogP contribution in [0.5, 0.6) is 0 Å². The van der Waals surface area contributed by atoms with E-state index in [1.807, 2.05) is 44.3 Å². The van der Waals surface area contributed by atoms with Gasteiger partial charge in [0.25, 0.3) is 5.91 Å². The summed E-state index contributed by atoms with van der Waals surface area (Å²) in [5, 5.41) is 18.5. The Balaban J connectivity index is 1.60. The van der Waals surface area contributed by atoms with Crippen molar-refractivity contribution in [2.24, 2.45) is 0 Å². The summed E-state index contributed by atoms with van der Waals surface area (Å²) in [6, 6.07) is 21.7. The molecule has 4 rings (SSSR count). The zero-order valence-electron chi connectivity index (χ0n) is 18.8. The van der Waals surface area contributed by atoms with Crippen molar-refractivity contribution in [3.8, 4) is 17.2 Å². The fourth-order valence-corrected chi connectivity index (χ4v) is 3.72. The lowest BCUT2D eigenvalue weighted by Gasteiger charge is -2.24. The van der Waals surface area contributed by atoms with Gasteiger partial charge in [0.1, 0.15) is 5.54 Å². The average Bonchev–Trinajstić information content (AvgIpc) is 3.30. The van der Waals surface area contributed by atoms with E-state index in [1.165, 1.54) is 5.56 Å². The van der Waals surface area contributed by atoms with Gasteiger partial charge in [-0.05, 0) is 43.0 Å². The summed E-state index contributed by atoms with van der Waals surface area (Å²) in [7, 11) is 0. The first-order valence-electron chi connectivity index (χ1n) is 10.7. The summed E-state index contributed by atoms with van der Waals surface area (Å²) in [5.74, 6) is 0.296. The van der Waals surface area contributed by atoms with E-state index in [1.54, 1.807) is 23.0 Å². The number of nitriles is 1. The van der Waals surface area contributed by atoms with Crippen LogP contribution >= 0.6 is 0 Å². The molecule has 0 aliphatic heterocycles. The number of hydrogen-bond acceptors (Lipinski definition) is 3. The highest BCUT2D eigenvalue weighted by molar-refractivity contribution is 6.05. The van der Waals surface area contributed by atoms with Gasteiger partial charge in [-0.3, -0.25) is 9.48 Å². The first-order chi connectivity index (χ1) is 15.3. The molecular weight excluding hydrogens is 396 g/mol. The second-order valence-electron chi connectivity index (χ2n) is 8.78. The van der Waals surface area contributed by atoms with Crippen LogP contribution in [0.15, 0.2) is 73.1 Å². The van der Waals surface area contributed by atoms with Crippen LogP contribution in [0.2, 0.25) is 0 Å². The number of anilines is 1. The molecule has 1 N–H and O–H groups in total. The van der Waals surface area contributed by atoms with Crippen LogP contribution in [-0.4, -0.2) is 15.7 Å². The normalized spacial score (nSPS) is 11.5. The number of rotatable bonds is 5. The first kappa shape index (κ1) is 21.3. The van der Waals surface area contributed by atoms with Crippen molar-refractivity contribution < 1.29 is 4.79 Å². The third-order valence-corrected chi connectivity index (χ3v) is 5.91. The third-order valence-electron chi connectivity index (χ3n) is 5.91. The Morgan fingerprint density at radius 3 is 2.34 bits per heavy atom.